The fourth-order valence-corrected chi connectivity index (χ4v) is 3.83. The van der Waals surface area contributed by atoms with Crippen LogP contribution in [0.1, 0.15) is 62.2 Å². The van der Waals surface area contributed by atoms with Gasteiger partial charge in [0.1, 0.15) is 6.04 Å². The molecule has 0 aliphatic rings. The van der Waals surface area contributed by atoms with Gasteiger partial charge in [0.25, 0.3) is 5.91 Å². The van der Waals surface area contributed by atoms with Crippen molar-refractivity contribution in [2.45, 2.75) is 57.9 Å². The molecule has 2 aromatic carbocycles. The van der Waals surface area contributed by atoms with Gasteiger partial charge in [-0.15, -0.1) is 0 Å². The van der Waals surface area contributed by atoms with Crippen molar-refractivity contribution in [2.75, 3.05) is 7.11 Å². The zero-order valence-corrected chi connectivity index (χ0v) is 17.8. The van der Waals surface area contributed by atoms with Gasteiger partial charge in [0.2, 0.25) is 0 Å². The Bertz CT molecular complexity index is 962. The van der Waals surface area contributed by atoms with E-state index in [1.165, 1.54) is 26.4 Å². The Morgan fingerprint density at radius 1 is 0.900 bits per heavy atom. The van der Waals surface area contributed by atoms with Gasteiger partial charge in [-0.3, -0.25) is 4.79 Å². The molecule has 0 aliphatic carbocycles. The number of para-hydroxylation sites is 2. The smallest absolute Gasteiger partial charge is 0.328 e. The van der Waals surface area contributed by atoms with Crippen LogP contribution >= 0.6 is 0 Å². The first kappa shape index (κ1) is 21.8. The van der Waals surface area contributed by atoms with Gasteiger partial charge in [-0.25, -0.2) is 9.78 Å². The van der Waals surface area contributed by atoms with Crippen molar-refractivity contribution in [2.24, 2.45) is 0 Å². The Hall–Kier alpha value is -2.95. The van der Waals surface area contributed by atoms with Crippen LogP contribution in [0.25, 0.3) is 21.8 Å². The van der Waals surface area contributed by atoms with Gasteiger partial charge in [-0.2, -0.15) is 0 Å². The Morgan fingerprint density at radius 3 is 2.07 bits per heavy atom. The summed E-state index contributed by atoms with van der Waals surface area (Å²) in [4.78, 5) is 30.3. The zero-order valence-electron chi connectivity index (χ0n) is 17.8. The number of ether oxygens (including phenoxy) is 1. The van der Waals surface area contributed by atoms with Crippen LogP contribution in [-0.2, 0) is 9.53 Å². The van der Waals surface area contributed by atoms with Crippen molar-refractivity contribution < 1.29 is 14.3 Å². The van der Waals surface area contributed by atoms with Crippen LogP contribution in [0.15, 0.2) is 48.5 Å². The van der Waals surface area contributed by atoms with E-state index in [1.54, 1.807) is 0 Å². The van der Waals surface area contributed by atoms with Crippen molar-refractivity contribution in [3.63, 3.8) is 0 Å². The normalized spacial score (nSPS) is 12.1. The molecule has 0 saturated carbocycles. The fourth-order valence-electron chi connectivity index (χ4n) is 3.83. The van der Waals surface area contributed by atoms with Crippen molar-refractivity contribution in [1.29, 1.82) is 0 Å². The number of carbonyl (C=O) groups excluding carboxylic acids is 2. The number of carbonyl (C=O) groups is 2. The Labute approximate surface area is 177 Å². The molecule has 1 amide bonds. The number of esters is 1. The number of benzene rings is 2. The first-order valence-electron chi connectivity index (χ1n) is 10.8. The number of unbranched alkanes of at least 4 members (excludes halogenated alkanes) is 5. The first-order valence-corrected chi connectivity index (χ1v) is 10.8. The van der Waals surface area contributed by atoms with Gasteiger partial charge in [0.05, 0.1) is 23.7 Å². The van der Waals surface area contributed by atoms with E-state index >= 15 is 0 Å². The molecule has 0 spiro atoms. The molecule has 0 bridgehead atoms. The highest BCUT2D eigenvalue weighted by molar-refractivity contribution is 6.16. The van der Waals surface area contributed by atoms with Gasteiger partial charge in [-0.05, 0) is 18.6 Å². The van der Waals surface area contributed by atoms with Crippen molar-refractivity contribution in [3.8, 4) is 0 Å². The van der Waals surface area contributed by atoms with Crippen LogP contribution in [0.2, 0.25) is 0 Å². The minimum Gasteiger partial charge on any atom is -0.467 e. The fraction of sp³-hybridized carbons (Fsp3) is 0.400. The number of rotatable bonds is 10. The zero-order chi connectivity index (χ0) is 21.3. The van der Waals surface area contributed by atoms with E-state index in [0.717, 1.165) is 41.1 Å². The summed E-state index contributed by atoms with van der Waals surface area (Å²) in [6.07, 6.45) is 7.29. The van der Waals surface area contributed by atoms with E-state index in [2.05, 4.69) is 17.2 Å². The molecule has 1 aromatic heterocycles. The highest BCUT2D eigenvalue weighted by Gasteiger charge is 2.24. The van der Waals surface area contributed by atoms with E-state index in [0.29, 0.717) is 12.0 Å². The second-order valence-electron chi connectivity index (χ2n) is 7.63. The highest BCUT2D eigenvalue weighted by Crippen LogP contribution is 2.26. The van der Waals surface area contributed by atoms with Crippen LogP contribution in [0, 0.1) is 0 Å². The third-order valence-electron chi connectivity index (χ3n) is 5.45. The molecule has 30 heavy (non-hydrogen) atoms. The van der Waals surface area contributed by atoms with Gasteiger partial charge in [-0.1, -0.05) is 81.8 Å². The second-order valence-corrected chi connectivity index (χ2v) is 7.63. The van der Waals surface area contributed by atoms with Crippen LogP contribution in [0.3, 0.4) is 0 Å². The summed E-state index contributed by atoms with van der Waals surface area (Å²) in [5.74, 6) is -0.675. The number of nitrogens with one attached hydrogen (secondary N) is 1. The van der Waals surface area contributed by atoms with Crippen LogP contribution in [0.4, 0.5) is 0 Å². The summed E-state index contributed by atoms with van der Waals surface area (Å²) in [5, 5.41) is 4.48. The molecule has 5 heteroatoms. The maximum absolute atomic E-state index is 13.3. The van der Waals surface area contributed by atoms with E-state index < -0.39 is 12.0 Å². The summed E-state index contributed by atoms with van der Waals surface area (Å²) in [7, 11) is 1.36. The molecule has 0 radical (unpaired) electrons. The molecule has 3 rings (SSSR count). The number of methoxy groups -OCH3 is 1. The third-order valence-corrected chi connectivity index (χ3v) is 5.45. The van der Waals surface area contributed by atoms with Crippen molar-refractivity contribution >= 4 is 33.7 Å². The Kier molecular flexibility index (Phi) is 7.77. The summed E-state index contributed by atoms with van der Waals surface area (Å²) >= 11 is 0. The van der Waals surface area contributed by atoms with Crippen LogP contribution in [-0.4, -0.2) is 30.0 Å². The van der Waals surface area contributed by atoms with Gasteiger partial charge in [0, 0.05) is 10.8 Å². The number of fused-ring (bicyclic) bond motifs is 2. The molecule has 1 heterocycles. The highest BCUT2D eigenvalue weighted by atomic mass is 16.5. The van der Waals surface area contributed by atoms with Crippen molar-refractivity contribution in [3.05, 3.63) is 54.1 Å². The standard InChI is InChI=1S/C25H30N2O3/c1-3-4-5-6-7-8-17-22(25(29)30-2)27-24(28)23-18-13-9-11-15-20(18)26-21-16-12-10-14-19(21)23/h9-16,22H,3-8,17H2,1-2H3,(H,27,28)/t22-/m1/s1. The number of nitrogens with zero attached hydrogens (tertiary/aromatic N) is 1. The van der Waals surface area contributed by atoms with Crippen LogP contribution in [0.5, 0.6) is 0 Å². The minimum absolute atomic E-state index is 0.272. The molecule has 0 unspecified atom stereocenters. The number of hydrogen-bond donors (Lipinski definition) is 1. The number of aromatic nitrogens is 1. The quantitative estimate of drug-likeness (QED) is 0.278. The van der Waals surface area contributed by atoms with Gasteiger partial charge >= 0.3 is 5.97 Å². The molecule has 1 N–H and O–H groups in total. The number of amides is 1. The van der Waals surface area contributed by atoms with Gasteiger partial charge in [0.15, 0.2) is 0 Å². The molecule has 5 nitrogen and oxygen atoms in total. The number of pyridine rings is 1. The van der Waals surface area contributed by atoms with Crippen molar-refractivity contribution in [1.82, 2.24) is 10.3 Å². The lowest BCUT2D eigenvalue weighted by Crippen LogP contribution is -2.41. The average Bonchev–Trinajstić information content (AvgIpc) is 2.78. The van der Waals surface area contributed by atoms with E-state index in [9.17, 15) is 9.59 Å². The summed E-state index contributed by atoms with van der Waals surface area (Å²) < 4.78 is 4.95. The molecule has 1 atom stereocenters. The molecule has 0 saturated heterocycles. The third kappa shape index (κ3) is 5.15. The maximum Gasteiger partial charge on any atom is 0.328 e. The molecule has 0 aliphatic heterocycles. The molecule has 3 aromatic rings. The predicted molar refractivity (Wildman–Crippen MR) is 121 cm³/mol. The summed E-state index contributed by atoms with van der Waals surface area (Å²) in [6.45, 7) is 2.19. The predicted octanol–water partition coefficient (Wildman–Crippen LogP) is 5.41. The number of hydrogen-bond acceptors (Lipinski definition) is 4. The molecule has 158 valence electrons. The van der Waals surface area contributed by atoms with Gasteiger partial charge < -0.3 is 10.1 Å². The first-order chi connectivity index (χ1) is 14.7. The lowest BCUT2D eigenvalue weighted by molar-refractivity contribution is -0.143. The Balaban J connectivity index is 1.82. The molecule has 0 fully saturated rings. The lowest BCUT2D eigenvalue weighted by Gasteiger charge is -2.18. The average molecular weight is 407 g/mol. The Morgan fingerprint density at radius 2 is 1.47 bits per heavy atom. The van der Waals surface area contributed by atoms with E-state index in [1.807, 2.05) is 48.5 Å². The van der Waals surface area contributed by atoms with E-state index in [4.69, 9.17) is 4.74 Å². The molecular weight excluding hydrogens is 376 g/mol. The topological polar surface area (TPSA) is 68.3 Å². The second kappa shape index (κ2) is 10.7. The largest absolute Gasteiger partial charge is 0.467 e. The van der Waals surface area contributed by atoms with Crippen LogP contribution < -0.4 is 5.32 Å². The monoisotopic (exact) mass is 406 g/mol. The maximum atomic E-state index is 13.3. The SMILES string of the molecule is CCCCCCCC[C@@H](NC(=O)c1c2ccccc2nc2ccccc12)C(=O)OC. The summed E-state index contributed by atoms with van der Waals surface area (Å²) in [5.41, 5.74) is 2.06. The molecular formula is C25H30N2O3. The lowest BCUT2D eigenvalue weighted by atomic mass is 10.0. The van der Waals surface area contributed by atoms with E-state index in [-0.39, 0.29) is 5.91 Å². The summed E-state index contributed by atoms with van der Waals surface area (Å²) in [6, 6.07) is 14.5. The minimum atomic E-state index is -0.653.